The van der Waals surface area contributed by atoms with Gasteiger partial charge in [0.2, 0.25) is 0 Å². The Morgan fingerprint density at radius 1 is 1.21 bits per heavy atom. The summed E-state index contributed by atoms with van der Waals surface area (Å²) >= 11 is 7.81. The highest BCUT2D eigenvalue weighted by atomic mass is 35.5. The molecule has 5 rings (SSSR count). The average Bonchev–Trinajstić information content (AvgIpc) is 3.47. The predicted octanol–water partition coefficient (Wildman–Crippen LogP) is 6.65. The fourth-order valence-electron chi connectivity index (χ4n) is 3.65. The number of halogens is 1. The number of carbonyl (C=O) groups is 1. The molecule has 2 aromatic carbocycles. The Bertz CT molecular complexity index is 1420. The second-order valence-corrected chi connectivity index (χ2v) is 8.89. The third kappa shape index (κ3) is 4.05. The van der Waals surface area contributed by atoms with Gasteiger partial charge in [-0.15, -0.1) is 0 Å². The molecule has 0 aliphatic carbocycles. The van der Waals surface area contributed by atoms with Gasteiger partial charge in [-0.1, -0.05) is 47.2 Å². The number of fused-ring (bicyclic) bond motifs is 2. The SMILES string of the molecule is CCOc1cccc2cc(C(=O)N(Cc3cccnc3)c3nc4c(C)ccc(Cl)c4s3)oc12. The summed E-state index contributed by atoms with van der Waals surface area (Å²) in [6.07, 6.45) is 3.43. The van der Waals surface area contributed by atoms with Gasteiger partial charge < -0.3 is 9.15 Å². The van der Waals surface area contributed by atoms with Gasteiger partial charge in [-0.3, -0.25) is 14.7 Å². The summed E-state index contributed by atoms with van der Waals surface area (Å²) in [6, 6.07) is 14.9. The van der Waals surface area contributed by atoms with Crippen LogP contribution in [0.3, 0.4) is 0 Å². The van der Waals surface area contributed by atoms with Crippen LogP contribution in [0.25, 0.3) is 21.2 Å². The van der Waals surface area contributed by atoms with E-state index in [-0.39, 0.29) is 11.7 Å². The third-order valence-electron chi connectivity index (χ3n) is 5.24. The highest BCUT2D eigenvalue weighted by molar-refractivity contribution is 7.23. The smallest absolute Gasteiger partial charge is 0.296 e. The van der Waals surface area contributed by atoms with Crippen LogP contribution in [0.15, 0.2) is 65.3 Å². The van der Waals surface area contributed by atoms with Crippen LogP contribution in [0.4, 0.5) is 5.13 Å². The van der Waals surface area contributed by atoms with Crippen LogP contribution < -0.4 is 9.64 Å². The Balaban J connectivity index is 1.61. The number of carbonyl (C=O) groups excluding carboxylic acids is 1. The summed E-state index contributed by atoms with van der Waals surface area (Å²) in [7, 11) is 0. The third-order valence-corrected chi connectivity index (χ3v) is 6.78. The topological polar surface area (TPSA) is 68.5 Å². The number of benzene rings is 2. The highest BCUT2D eigenvalue weighted by Crippen LogP contribution is 2.37. The molecule has 33 heavy (non-hydrogen) atoms. The van der Waals surface area contributed by atoms with Crippen molar-refractivity contribution in [1.29, 1.82) is 0 Å². The molecule has 6 nitrogen and oxygen atoms in total. The van der Waals surface area contributed by atoms with Crippen molar-refractivity contribution in [3.63, 3.8) is 0 Å². The van der Waals surface area contributed by atoms with E-state index in [1.54, 1.807) is 23.4 Å². The maximum Gasteiger partial charge on any atom is 0.296 e. The average molecular weight is 478 g/mol. The maximum atomic E-state index is 13.7. The van der Waals surface area contributed by atoms with E-state index in [0.717, 1.165) is 26.7 Å². The number of rotatable bonds is 6. The normalized spacial score (nSPS) is 11.2. The lowest BCUT2D eigenvalue weighted by Crippen LogP contribution is -2.30. The second-order valence-electron chi connectivity index (χ2n) is 7.51. The molecule has 3 heterocycles. The second kappa shape index (κ2) is 8.84. The van der Waals surface area contributed by atoms with Crippen molar-refractivity contribution in [2.75, 3.05) is 11.5 Å². The first kappa shape index (κ1) is 21.4. The quantitative estimate of drug-likeness (QED) is 0.274. The molecule has 0 aliphatic heterocycles. The van der Waals surface area contributed by atoms with Gasteiger partial charge in [0.05, 0.1) is 28.4 Å². The molecule has 0 spiro atoms. The lowest BCUT2D eigenvalue weighted by atomic mass is 10.2. The fourth-order valence-corrected chi connectivity index (χ4v) is 4.96. The number of para-hydroxylation sites is 1. The number of hydrogen-bond acceptors (Lipinski definition) is 6. The minimum absolute atomic E-state index is 0.211. The molecule has 8 heteroatoms. The molecular formula is C25H20ClN3O3S. The molecule has 0 atom stereocenters. The van der Waals surface area contributed by atoms with Gasteiger partial charge in [0.1, 0.15) is 0 Å². The van der Waals surface area contributed by atoms with E-state index >= 15 is 0 Å². The first-order chi connectivity index (χ1) is 16.0. The molecule has 5 aromatic rings. The number of nitrogens with zero attached hydrogens (tertiary/aromatic N) is 3. The number of ether oxygens (including phenoxy) is 1. The monoisotopic (exact) mass is 477 g/mol. The summed E-state index contributed by atoms with van der Waals surface area (Å²) in [4.78, 5) is 24.3. The first-order valence-electron chi connectivity index (χ1n) is 10.5. The lowest BCUT2D eigenvalue weighted by molar-refractivity contribution is 0.0960. The Hall–Kier alpha value is -3.42. The van der Waals surface area contributed by atoms with Crippen molar-refractivity contribution in [1.82, 2.24) is 9.97 Å². The lowest BCUT2D eigenvalue weighted by Gasteiger charge is -2.18. The number of aryl methyl sites for hydroxylation is 1. The predicted molar refractivity (Wildman–Crippen MR) is 132 cm³/mol. The summed E-state index contributed by atoms with van der Waals surface area (Å²) < 4.78 is 12.5. The van der Waals surface area contributed by atoms with Crippen molar-refractivity contribution in [2.24, 2.45) is 0 Å². The van der Waals surface area contributed by atoms with Crippen LogP contribution in [0.1, 0.15) is 28.6 Å². The van der Waals surface area contributed by atoms with Crippen LogP contribution >= 0.6 is 22.9 Å². The number of furan rings is 1. The van der Waals surface area contributed by atoms with E-state index in [9.17, 15) is 4.79 Å². The molecule has 0 unspecified atom stereocenters. The standard InChI is InChI=1S/C25H20ClN3O3S/c1-3-31-19-8-4-7-17-12-20(32-22(17)19)24(30)29(14-16-6-5-11-27-13-16)25-28-21-15(2)9-10-18(26)23(21)33-25/h4-13H,3,14H2,1-2H3. The molecule has 0 bridgehead atoms. The molecule has 0 aliphatic rings. The largest absolute Gasteiger partial charge is 0.490 e. The van der Waals surface area contributed by atoms with Crippen LogP contribution in [-0.4, -0.2) is 22.5 Å². The van der Waals surface area contributed by atoms with Gasteiger partial charge >= 0.3 is 0 Å². The molecule has 0 saturated carbocycles. The molecule has 166 valence electrons. The van der Waals surface area contributed by atoms with E-state index < -0.39 is 0 Å². The first-order valence-corrected chi connectivity index (χ1v) is 11.7. The summed E-state index contributed by atoms with van der Waals surface area (Å²) in [5.41, 5.74) is 3.21. The molecule has 1 amide bonds. The number of amides is 1. The molecule has 0 radical (unpaired) electrons. The Morgan fingerprint density at radius 3 is 2.85 bits per heavy atom. The van der Waals surface area contributed by atoms with Gasteiger partial charge in [-0.2, -0.15) is 0 Å². The molecule has 3 aromatic heterocycles. The molecule has 0 saturated heterocycles. The molecular weight excluding hydrogens is 458 g/mol. The van der Waals surface area contributed by atoms with E-state index in [1.165, 1.54) is 11.3 Å². The number of pyridine rings is 1. The minimum Gasteiger partial charge on any atom is -0.490 e. The Labute approximate surface area is 199 Å². The Kier molecular flexibility index (Phi) is 5.74. The zero-order chi connectivity index (χ0) is 22.9. The minimum atomic E-state index is -0.301. The van der Waals surface area contributed by atoms with Gasteiger partial charge in [-0.05, 0) is 49.2 Å². The highest BCUT2D eigenvalue weighted by Gasteiger charge is 2.26. The van der Waals surface area contributed by atoms with Crippen molar-refractivity contribution >= 4 is 55.2 Å². The molecule has 0 N–H and O–H groups in total. The van der Waals surface area contributed by atoms with Gasteiger partial charge in [-0.25, -0.2) is 4.98 Å². The number of hydrogen-bond donors (Lipinski definition) is 0. The van der Waals surface area contributed by atoms with E-state index in [0.29, 0.717) is 34.6 Å². The van der Waals surface area contributed by atoms with Crippen molar-refractivity contribution in [3.05, 3.63) is 82.8 Å². The van der Waals surface area contributed by atoms with Gasteiger partial charge in [0.25, 0.3) is 5.91 Å². The van der Waals surface area contributed by atoms with E-state index in [4.69, 9.17) is 25.7 Å². The van der Waals surface area contributed by atoms with Crippen LogP contribution in [0.5, 0.6) is 5.75 Å². The maximum absolute atomic E-state index is 13.7. The Morgan fingerprint density at radius 2 is 2.09 bits per heavy atom. The van der Waals surface area contributed by atoms with Crippen molar-refractivity contribution in [3.8, 4) is 5.75 Å². The van der Waals surface area contributed by atoms with Crippen LogP contribution in [-0.2, 0) is 6.54 Å². The zero-order valence-corrected chi connectivity index (χ0v) is 19.6. The van der Waals surface area contributed by atoms with Gasteiger partial charge in [0.15, 0.2) is 22.2 Å². The number of aromatic nitrogens is 2. The van der Waals surface area contributed by atoms with Crippen LogP contribution in [0, 0.1) is 6.92 Å². The molecule has 0 fully saturated rings. The van der Waals surface area contributed by atoms with Crippen molar-refractivity contribution < 1.29 is 13.9 Å². The number of anilines is 1. The zero-order valence-electron chi connectivity index (χ0n) is 18.0. The summed E-state index contributed by atoms with van der Waals surface area (Å²) in [6.45, 7) is 4.67. The van der Waals surface area contributed by atoms with E-state index in [1.807, 2.05) is 56.3 Å². The number of thiazole rings is 1. The van der Waals surface area contributed by atoms with Crippen LogP contribution in [0.2, 0.25) is 5.02 Å². The summed E-state index contributed by atoms with van der Waals surface area (Å²) in [5, 5.41) is 1.95. The fraction of sp³-hybridized carbons (Fsp3) is 0.160. The van der Waals surface area contributed by atoms with E-state index in [2.05, 4.69) is 4.98 Å². The summed E-state index contributed by atoms with van der Waals surface area (Å²) in [5.74, 6) is 0.517. The van der Waals surface area contributed by atoms with Gasteiger partial charge in [0, 0.05) is 17.8 Å². The van der Waals surface area contributed by atoms with Crippen molar-refractivity contribution in [2.45, 2.75) is 20.4 Å².